The van der Waals surface area contributed by atoms with Gasteiger partial charge in [-0.05, 0) is 35.0 Å². The molecular formula is C12H12BrFN2S. The average Bonchev–Trinajstić information content (AvgIpc) is 2.34. The predicted molar refractivity (Wildman–Crippen MR) is 72.9 cm³/mol. The number of rotatable bonds is 1. The Kier molecular flexibility index (Phi) is 3.95. The molecule has 90 valence electrons. The molecule has 1 aromatic carbocycles. The summed E-state index contributed by atoms with van der Waals surface area (Å²) < 4.78 is 14.4. The van der Waals surface area contributed by atoms with Gasteiger partial charge in [0.1, 0.15) is 6.07 Å². The Labute approximate surface area is 113 Å². The van der Waals surface area contributed by atoms with Crippen LogP contribution in [0.4, 0.5) is 10.1 Å². The minimum Gasteiger partial charge on any atom is -0.365 e. The van der Waals surface area contributed by atoms with E-state index in [-0.39, 0.29) is 10.3 Å². The summed E-state index contributed by atoms with van der Waals surface area (Å²) in [6.07, 6.45) is 0. The van der Waals surface area contributed by atoms with Crippen LogP contribution in [0.3, 0.4) is 0 Å². The van der Waals surface area contributed by atoms with E-state index in [4.69, 9.17) is 5.26 Å². The molecule has 0 amide bonds. The Morgan fingerprint density at radius 3 is 3.00 bits per heavy atom. The molecule has 0 aliphatic carbocycles. The van der Waals surface area contributed by atoms with Gasteiger partial charge in [0, 0.05) is 24.1 Å². The van der Waals surface area contributed by atoms with Gasteiger partial charge in [0.25, 0.3) is 0 Å². The van der Waals surface area contributed by atoms with Gasteiger partial charge in [0.15, 0.2) is 5.82 Å². The lowest BCUT2D eigenvalue weighted by Gasteiger charge is -2.35. The Morgan fingerprint density at radius 1 is 1.59 bits per heavy atom. The SMILES string of the molecule is CC1CSCCN1c1ccc(C#N)c(Br)c1F. The van der Waals surface area contributed by atoms with Crippen molar-refractivity contribution in [3.05, 3.63) is 28.0 Å². The van der Waals surface area contributed by atoms with Crippen molar-refractivity contribution < 1.29 is 4.39 Å². The van der Waals surface area contributed by atoms with Gasteiger partial charge in [-0.25, -0.2) is 4.39 Å². The Balaban J connectivity index is 2.39. The zero-order valence-corrected chi connectivity index (χ0v) is 11.8. The van der Waals surface area contributed by atoms with Crippen molar-refractivity contribution in [3.8, 4) is 6.07 Å². The third-order valence-electron chi connectivity index (χ3n) is 2.86. The molecule has 5 heteroatoms. The lowest BCUT2D eigenvalue weighted by molar-refractivity contribution is 0.598. The van der Waals surface area contributed by atoms with Crippen molar-refractivity contribution in [2.24, 2.45) is 0 Å². The van der Waals surface area contributed by atoms with Gasteiger partial charge in [-0.2, -0.15) is 17.0 Å². The average molecular weight is 315 g/mol. The number of hydrogen-bond donors (Lipinski definition) is 0. The first-order valence-electron chi connectivity index (χ1n) is 5.37. The van der Waals surface area contributed by atoms with E-state index in [0.29, 0.717) is 17.3 Å². The molecule has 1 fully saturated rings. The maximum Gasteiger partial charge on any atom is 0.161 e. The molecule has 1 atom stereocenters. The van der Waals surface area contributed by atoms with Crippen LogP contribution in [0.5, 0.6) is 0 Å². The summed E-state index contributed by atoms with van der Waals surface area (Å²) in [6.45, 7) is 2.94. The van der Waals surface area contributed by atoms with E-state index in [9.17, 15) is 4.39 Å². The molecule has 0 bridgehead atoms. The van der Waals surface area contributed by atoms with Crippen LogP contribution >= 0.6 is 27.7 Å². The molecule has 1 aliphatic heterocycles. The number of halogens is 2. The first-order valence-corrected chi connectivity index (χ1v) is 7.32. The molecule has 1 unspecified atom stereocenters. The zero-order valence-electron chi connectivity index (χ0n) is 9.41. The van der Waals surface area contributed by atoms with Crippen LogP contribution in [0, 0.1) is 17.1 Å². The number of benzene rings is 1. The third-order valence-corrected chi connectivity index (χ3v) is 4.82. The van der Waals surface area contributed by atoms with Gasteiger partial charge >= 0.3 is 0 Å². The van der Waals surface area contributed by atoms with Gasteiger partial charge in [-0.15, -0.1) is 0 Å². The van der Waals surface area contributed by atoms with E-state index >= 15 is 0 Å². The topological polar surface area (TPSA) is 27.0 Å². The summed E-state index contributed by atoms with van der Waals surface area (Å²) in [4.78, 5) is 2.07. The molecule has 0 spiro atoms. The Bertz CT molecular complexity index is 472. The molecule has 2 nitrogen and oxygen atoms in total. The van der Waals surface area contributed by atoms with Gasteiger partial charge in [-0.1, -0.05) is 0 Å². The summed E-state index contributed by atoms with van der Waals surface area (Å²) in [5, 5.41) is 8.83. The van der Waals surface area contributed by atoms with Gasteiger partial charge < -0.3 is 4.90 Å². The maximum atomic E-state index is 14.2. The van der Waals surface area contributed by atoms with Crippen molar-refractivity contribution in [1.82, 2.24) is 0 Å². The lowest BCUT2D eigenvalue weighted by Crippen LogP contribution is -2.40. The highest BCUT2D eigenvalue weighted by molar-refractivity contribution is 9.10. The number of nitrogens with zero attached hydrogens (tertiary/aromatic N) is 2. The quantitative estimate of drug-likeness (QED) is 0.795. The Hall–Kier alpha value is -0.730. The van der Waals surface area contributed by atoms with Crippen LogP contribution in [-0.2, 0) is 0 Å². The van der Waals surface area contributed by atoms with Crippen LogP contribution in [0.2, 0.25) is 0 Å². The van der Waals surface area contributed by atoms with Crippen molar-refractivity contribution in [1.29, 1.82) is 5.26 Å². The summed E-state index contributed by atoms with van der Waals surface area (Å²) in [7, 11) is 0. The number of thioether (sulfide) groups is 1. The highest BCUT2D eigenvalue weighted by atomic mass is 79.9. The standard InChI is InChI=1S/C12H12BrFN2S/c1-8-7-17-5-4-16(8)10-3-2-9(6-15)11(13)12(10)14/h2-3,8H,4-5,7H2,1H3. The molecule has 1 aromatic rings. The van der Waals surface area contributed by atoms with Crippen molar-refractivity contribution in [2.45, 2.75) is 13.0 Å². The second-order valence-electron chi connectivity index (χ2n) is 3.99. The molecule has 17 heavy (non-hydrogen) atoms. The smallest absolute Gasteiger partial charge is 0.161 e. The number of hydrogen-bond acceptors (Lipinski definition) is 3. The fourth-order valence-corrected chi connectivity index (χ4v) is 3.37. The number of nitriles is 1. The summed E-state index contributed by atoms with van der Waals surface area (Å²) >= 11 is 5.04. The van der Waals surface area contributed by atoms with Crippen molar-refractivity contribution in [3.63, 3.8) is 0 Å². The normalized spacial score (nSPS) is 20.1. The number of anilines is 1. The predicted octanol–water partition coefficient (Wildman–Crippen LogP) is 3.40. The van der Waals surface area contributed by atoms with Crippen LogP contribution in [0.15, 0.2) is 16.6 Å². The maximum absolute atomic E-state index is 14.2. The second kappa shape index (κ2) is 5.28. The van der Waals surface area contributed by atoms with Crippen molar-refractivity contribution >= 4 is 33.4 Å². The Morgan fingerprint density at radius 2 is 2.35 bits per heavy atom. The fourth-order valence-electron chi connectivity index (χ4n) is 1.93. The van der Waals surface area contributed by atoms with Crippen LogP contribution in [0.25, 0.3) is 0 Å². The van der Waals surface area contributed by atoms with Crippen molar-refractivity contribution in [2.75, 3.05) is 23.0 Å². The summed E-state index contributed by atoms with van der Waals surface area (Å²) in [6, 6.07) is 5.65. The molecular weight excluding hydrogens is 303 g/mol. The van der Waals surface area contributed by atoms with E-state index in [2.05, 4.69) is 27.8 Å². The van der Waals surface area contributed by atoms with E-state index in [1.165, 1.54) is 0 Å². The molecule has 0 aromatic heterocycles. The van der Waals surface area contributed by atoms with E-state index in [0.717, 1.165) is 18.1 Å². The molecule has 0 N–H and O–H groups in total. The molecule has 2 rings (SSSR count). The molecule has 1 saturated heterocycles. The molecule has 1 aliphatic rings. The van der Waals surface area contributed by atoms with E-state index in [1.807, 2.05) is 17.8 Å². The van der Waals surface area contributed by atoms with Gasteiger partial charge in [0.05, 0.1) is 15.7 Å². The monoisotopic (exact) mass is 314 g/mol. The van der Waals surface area contributed by atoms with Crippen LogP contribution in [0.1, 0.15) is 12.5 Å². The first kappa shape index (κ1) is 12.7. The summed E-state index contributed by atoms with van der Waals surface area (Å²) in [5.74, 6) is 1.70. The largest absolute Gasteiger partial charge is 0.365 e. The lowest BCUT2D eigenvalue weighted by atomic mass is 10.1. The highest BCUT2D eigenvalue weighted by Gasteiger charge is 2.23. The van der Waals surface area contributed by atoms with E-state index in [1.54, 1.807) is 12.1 Å². The minimum atomic E-state index is -0.331. The molecule has 0 saturated carbocycles. The zero-order chi connectivity index (χ0) is 12.4. The molecule has 1 heterocycles. The third kappa shape index (κ3) is 2.43. The van der Waals surface area contributed by atoms with Gasteiger partial charge in [0.2, 0.25) is 0 Å². The minimum absolute atomic E-state index is 0.267. The summed E-state index contributed by atoms with van der Waals surface area (Å²) in [5.41, 5.74) is 0.925. The van der Waals surface area contributed by atoms with E-state index < -0.39 is 0 Å². The van der Waals surface area contributed by atoms with Crippen LogP contribution < -0.4 is 4.90 Å². The fraction of sp³-hybridized carbons (Fsp3) is 0.417. The first-order chi connectivity index (χ1) is 8.15. The second-order valence-corrected chi connectivity index (χ2v) is 5.93. The molecule has 0 radical (unpaired) electrons. The highest BCUT2D eigenvalue weighted by Crippen LogP contribution is 2.32. The van der Waals surface area contributed by atoms with Crippen LogP contribution in [-0.4, -0.2) is 24.1 Å². The van der Waals surface area contributed by atoms with Gasteiger partial charge in [-0.3, -0.25) is 0 Å².